The minimum Gasteiger partial charge on any atom is -0.508 e. The van der Waals surface area contributed by atoms with Crippen LogP contribution < -0.4 is 0 Å². The number of rotatable bonds is 2. The summed E-state index contributed by atoms with van der Waals surface area (Å²) in [6, 6.07) is 11.6. The molecule has 0 fully saturated rings. The van der Waals surface area contributed by atoms with Crippen LogP contribution in [0.2, 0.25) is 0 Å². The Kier molecular flexibility index (Phi) is 2.78. The molecular weight excluding hydrogens is 218 g/mol. The Morgan fingerprint density at radius 1 is 1.12 bits per heavy atom. The Hall–Kier alpha value is -2.36. The number of phenols is 1. The summed E-state index contributed by atoms with van der Waals surface area (Å²) >= 11 is 0. The van der Waals surface area contributed by atoms with Crippen molar-refractivity contribution in [2.75, 3.05) is 0 Å². The predicted octanol–water partition coefficient (Wildman–Crippen LogP) is 3.28. The van der Waals surface area contributed by atoms with E-state index in [-0.39, 0.29) is 11.4 Å². The van der Waals surface area contributed by atoms with Gasteiger partial charge in [0.15, 0.2) is 0 Å². The molecule has 0 aliphatic heterocycles. The molecule has 0 heterocycles. The van der Waals surface area contributed by atoms with Crippen molar-refractivity contribution in [1.82, 2.24) is 0 Å². The van der Waals surface area contributed by atoms with Crippen molar-refractivity contribution in [2.45, 2.75) is 6.92 Å². The molecule has 1 N–H and O–H groups in total. The van der Waals surface area contributed by atoms with Crippen LogP contribution in [-0.4, -0.2) is 10.0 Å². The number of phenolic OH excluding ortho intramolecular Hbond substituents is 1. The zero-order valence-corrected chi connectivity index (χ0v) is 9.25. The third-order valence-corrected chi connectivity index (χ3v) is 2.60. The van der Waals surface area contributed by atoms with E-state index in [9.17, 15) is 15.2 Å². The largest absolute Gasteiger partial charge is 0.508 e. The van der Waals surface area contributed by atoms with Crippen molar-refractivity contribution in [3.05, 3.63) is 58.1 Å². The van der Waals surface area contributed by atoms with Gasteiger partial charge >= 0.3 is 0 Å². The van der Waals surface area contributed by atoms with Crippen LogP contribution in [0.15, 0.2) is 42.5 Å². The molecule has 86 valence electrons. The van der Waals surface area contributed by atoms with Gasteiger partial charge in [-0.2, -0.15) is 0 Å². The second-order valence-corrected chi connectivity index (χ2v) is 3.81. The van der Waals surface area contributed by atoms with Crippen LogP contribution in [0, 0.1) is 17.0 Å². The van der Waals surface area contributed by atoms with Crippen LogP contribution >= 0.6 is 0 Å². The molecule has 4 nitrogen and oxygen atoms in total. The molecule has 4 heteroatoms. The Morgan fingerprint density at radius 3 is 2.47 bits per heavy atom. The van der Waals surface area contributed by atoms with Crippen molar-refractivity contribution < 1.29 is 10.0 Å². The normalized spacial score (nSPS) is 10.2. The average molecular weight is 229 g/mol. The third kappa shape index (κ3) is 2.25. The first-order valence-electron chi connectivity index (χ1n) is 5.12. The summed E-state index contributed by atoms with van der Waals surface area (Å²) in [4.78, 5) is 10.2. The Balaban J connectivity index is 2.49. The van der Waals surface area contributed by atoms with Crippen LogP contribution in [0.4, 0.5) is 5.69 Å². The molecule has 0 aliphatic carbocycles. The lowest BCUT2D eigenvalue weighted by Crippen LogP contribution is -1.88. The molecule has 2 aromatic rings. The molecule has 0 spiro atoms. The first-order valence-corrected chi connectivity index (χ1v) is 5.12. The third-order valence-electron chi connectivity index (χ3n) is 2.60. The van der Waals surface area contributed by atoms with E-state index in [4.69, 9.17) is 0 Å². The van der Waals surface area contributed by atoms with Crippen LogP contribution in [-0.2, 0) is 0 Å². The molecule has 0 amide bonds. The van der Waals surface area contributed by atoms with Crippen molar-refractivity contribution in [1.29, 1.82) is 0 Å². The predicted molar refractivity (Wildman–Crippen MR) is 64.9 cm³/mol. The number of benzene rings is 2. The Morgan fingerprint density at radius 2 is 1.82 bits per heavy atom. The zero-order chi connectivity index (χ0) is 12.4. The first-order chi connectivity index (χ1) is 8.08. The fourth-order valence-corrected chi connectivity index (χ4v) is 1.59. The highest BCUT2D eigenvalue weighted by Gasteiger charge is 2.07. The highest BCUT2D eigenvalue weighted by Crippen LogP contribution is 2.28. The Bertz CT molecular complexity index is 579. The van der Waals surface area contributed by atoms with E-state index in [1.807, 2.05) is 6.07 Å². The fraction of sp³-hybridized carbons (Fsp3) is 0.0769. The SMILES string of the molecule is Cc1ccc(-c2cccc([N+](=O)[O-])c2)cc1O. The van der Waals surface area contributed by atoms with Gasteiger partial charge in [0.05, 0.1) is 4.92 Å². The number of aryl methyl sites for hydroxylation is 1. The van der Waals surface area contributed by atoms with Gasteiger partial charge in [0, 0.05) is 12.1 Å². The lowest BCUT2D eigenvalue weighted by Gasteiger charge is -2.04. The highest BCUT2D eigenvalue weighted by molar-refractivity contribution is 5.68. The van der Waals surface area contributed by atoms with Crippen molar-refractivity contribution in [3.8, 4) is 16.9 Å². The molecule has 17 heavy (non-hydrogen) atoms. The second-order valence-electron chi connectivity index (χ2n) is 3.81. The van der Waals surface area contributed by atoms with Crippen LogP contribution in [0.25, 0.3) is 11.1 Å². The first kappa shape index (κ1) is 11.1. The smallest absolute Gasteiger partial charge is 0.270 e. The molecule has 0 bridgehead atoms. The van der Waals surface area contributed by atoms with E-state index in [0.717, 1.165) is 16.7 Å². The van der Waals surface area contributed by atoms with Crippen molar-refractivity contribution in [2.24, 2.45) is 0 Å². The van der Waals surface area contributed by atoms with Gasteiger partial charge in [0.1, 0.15) is 5.75 Å². The van der Waals surface area contributed by atoms with E-state index >= 15 is 0 Å². The van der Waals surface area contributed by atoms with Gasteiger partial charge in [0.2, 0.25) is 0 Å². The summed E-state index contributed by atoms with van der Waals surface area (Å²) in [6.45, 7) is 1.80. The van der Waals surface area contributed by atoms with Gasteiger partial charge < -0.3 is 5.11 Å². The van der Waals surface area contributed by atoms with Gasteiger partial charge in [-0.15, -0.1) is 0 Å². The van der Waals surface area contributed by atoms with E-state index < -0.39 is 4.92 Å². The molecule has 0 unspecified atom stereocenters. The number of nitrogens with zero attached hydrogens (tertiary/aromatic N) is 1. The highest BCUT2D eigenvalue weighted by atomic mass is 16.6. The van der Waals surface area contributed by atoms with Gasteiger partial charge in [0.25, 0.3) is 5.69 Å². The maximum absolute atomic E-state index is 10.7. The lowest BCUT2D eigenvalue weighted by molar-refractivity contribution is -0.384. The summed E-state index contributed by atoms with van der Waals surface area (Å²) in [7, 11) is 0. The number of hydrogen-bond acceptors (Lipinski definition) is 3. The molecule has 0 aromatic heterocycles. The van der Waals surface area contributed by atoms with Crippen molar-refractivity contribution in [3.63, 3.8) is 0 Å². The maximum atomic E-state index is 10.7. The van der Waals surface area contributed by atoms with Gasteiger partial charge in [-0.3, -0.25) is 10.1 Å². The molecule has 0 aliphatic rings. The van der Waals surface area contributed by atoms with Crippen LogP contribution in [0.3, 0.4) is 0 Å². The minimum atomic E-state index is -0.433. The molecule has 0 saturated carbocycles. The van der Waals surface area contributed by atoms with E-state index in [1.54, 1.807) is 31.2 Å². The fourth-order valence-electron chi connectivity index (χ4n) is 1.59. The van der Waals surface area contributed by atoms with Crippen LogP contribution in [0.1, 0.15) is 5.56 Å². The summed E-state index contributed by atoms with van der Waals surface area (Å²) in [6.07, 6.45) is 0. The number of hydrogen-bond donors (Lipinski definition) is 1. The summed E-state index contributed by atoms with van der Waals surface area (Å²) < 4.78 is 0. The van der Waals surface area contributed by atoms with Gasteiger partial charge in [-0.1, -0.05) is 24.3 Å². The van der Waals surface area contributed by atoms with E-state index in [0.29, 0.717) is 0 Å². The lowest BCUT2D eigenvalue weighted by atomic mass is 10.0. The topological polar surface area (TPSA) is 63.4 Å². The van der Waals surface area contributed by atoms with Crippen molar-refractivity contribution >= 4 is 5.69 Å². The molecule has 0 atom stereocenters. The zero-order valence-electron chi connectivity index (χ0n) is 9.25. The van der Waals surface area contributed by atoms with Gasteiger partial charge in [-0.05, 0) is 29.7 Å². The summed E-state index contributed by atoms with van der Waals surface area (Å²) in [5.41, 5.74) is 2.30. The molecule has 2 rings (SSSR count). The number of aromatic hydroxyl groups is 1. The summed E-state index contributed by atoms with van der Waals surface area (Å²) in [5, 5.41) is 20.3. The number of non-ortho nitro benzene ring substituents is 1. The maximum Gasteiger partial charge on any atom is 0.270 e. The minimum absolute atomic E-state index is 0.0440. The van der Waals surface area contributed by atoms with Gasteiger partial charge in [-0.25, -0.2) is 0 Å². The Labute approximate surface area is 98.3 Å². The van der Waals surface area contributed by atoms with E-state index in [1.165, 1.54) is 12.1 Å². The molecule has 0 radical (unpaired) electrons. The second kappa shape index (κ2) is 4.25. The molecule has 2 aromatic carbocycles. The number of nitro groups is 1. The standard InChI is InChI=1S/C13H11NO3/c1-9-5-6-11(8-13(9)15)10-3-2-4-12(7-10)14(16)17/h2-8,15H,1H3. The molecular formula is C13H11NO3. The monoisotopic (exact) mass is 229 g/mol. The summed E-state index contributed by atoms with van der Waals surface area (Å²) in [5.74, 6) is 0.189. The average Bonchev–Trinajstić information content (AvgIpc) is 2.33. The number of nitro benzene ring substituents is 1. The van der Waals surface area contributed by atoms with Crippen LogP contribution in [0.5, 0.6) is 5.75 Å². The molecule has 0 saturated heterocycles. The quantitative estimate of drug-likeness (QED) is 0.634. The van der Waals surface area contributed by atoms with E-state index in [2.05, 4.69) is 0 Å².